The van der Waals surface area contributed by atoms with Crippen LogP contribution in [0.15, 0.2) is 47.2 Å². The first-order valence-electron chi connectivity index (χ1n) is 8.84. The van der Waals surface area contributed by atoms with E-state index in [0.29, 0.717) is 17.8 Å². The van der Waals surface area contributed by atoms with Gasteiger partial charge in [0.15, 0.2) is 0 Å². The predicted octanol–water partition coefficient (Wildman–Crippen LogP) is 3.47. The summed E-state index contributed by atoms with van der Waals surface area (Å²) in [5, 5.41) is 8.59. The minimum absolute atomic E-state index is 0.106. The quantitative estimate of drug-likeness (QED) is 0.713. The van der Waals surface area contributed by atoms with Gasteiger partial charge in [-0.1, -0.05) is 35.5 Å². The maximum Gasteiger partial charge on any atom is 0.244 e. The van der Waals surface area contributed by atoms with Crippen molar-refractivity contribution in [3.63, 3.8) is 0 Å². The second kappa shape index (κ2) is 6.80. The Morgan fingerprint density at radius 1 is 1.28 bits per heavy atom. The molecule has 2 atom stereocenters. The fourth-order valence-electron chi connectivity index (χ4n) is 3.60. The summed E-state index contributed by atoms with van der Waals surface area (Å²) in [6.07, 6.45) is 6.37. The minimum Gasteiger partial charge on any atom is -0.337 e. The van der Waals surface area contributed by atoms with E-state index in [1.807, 2.05) is 41.2 Å². The van der Waals surface area contributed by atoms with Gasteiger partial charge in [-0.05, 0) is 38.8 Å². The Labute approximate surface area is 147 Å². The first kappa shape index (κ1) is 16.0. The molecule has 1 aliphatic rings. The van der Waals surface area contributed by atoms with E-state index in [4.69, 9.17) is 4.52 Å². The maximum absolute atomic E-state index is 5.57. The second-order valence-corrected chi connectivity index (χ2v) is 6.77. The molecular weight excluding hydrogens is 314 g/mol. The summed E-state index contributed by atoms with van der Waals surface area (Å²) in [6, 6.07) is 10.5. The molecule has 0 unspecified atom stereocenters. The van der Waals surface area contributed by atoms with E-state index < -0.39 is 0 Å². The van der Waals surface area contributed by atoms with Gasteiger partial charge in [0.25, 0.3) is 0 Å². The fourth-order valence-corrected chi connectivity index (χ4v) is 3.60. The zero-order valence-corrected chi connectivity index (χ0v) is 14.7. The van der Waals surface area contributed by atoms with Gasteiger partial charge in [0, 0.05) is 17.8 Å². The molecule has 0 saturated carbocycles. The standard InChI is InChI=1S/C19H23N5O/c1-14-11-20-23(12-14)13-17-9-6-10-24(17)15(2)19-21-18(22-25-19)16-7-4-3-5-8-16/h3-5,7-8,11-12,15,17H,6,9-10,13H2,1-2H3/t15-,17-/m0/s1. The number of likely N-dealkylation sites (tertiary alicyclic amines) is 1. The lowest BCUT2D eigenvalue weighted by atomic mass is 10.2. The molecule has 0 radical (unpaired) electrons. The van der Waals surface area contributed by atoms with Gasteiger partial charge in [0.2, 0.25) is 11.7 Å². The lowest BCUT2D eigenvalue weighted by Crippen LogP contribution is -2.35. The molecule has 1 fully saturated rings. The molecule has 0 amide bonds. The number of hydrogen-bond donors (Lipinski definition) is 0. The number of aromatic nitrogens is 4. The minimum atomic E-state index is 0.106. The van der Waals surface area contributed by atoms with Gasteiger partial charge in [-0.2, -0.15) is 10.1 Å². The van der Waals surface area contributed by atoms with Gasteiger partial charge in [0.1, 0.15) is 0 Å². The molecule has 0 aliphatic carbocycles. The fraction of sp³-hybridized carbons (Fsp3) is 0.421. The van der Waals surface area contributed by atoms with E-state index in [0.717, 1.165) is 18.7 Å². The van der Waals surface area contributed by atoms with Crippen LogP contribution >= 0.6 is 0 Å². The van der Waals surface area contributed by atoms with Crippen molar-refractivity contribution in [2.45, 2.75) is 45.3 Å². The van der Waals surface area contributed by atoms with Crippen LogP contribution < -0.4 is 0 Å². The number of aryl methyl sites for hydroxylation is 1. The van der Waals surface area contributed by atoms with Crippen LogP contribution in [0.3, 0.4) is 0 Å². The van der Waals surface area contributed by atoms with Crippen molar-refractivity contribution in [3.8, 4) is 11.4 Å². The number of rotatable bonds is 5. The highest BCUT2D eigenvalue weighted by molar-refractivity contribution is 5.53. The largest absolute Gasteiger partial charge is 0.337 e. The van der Waals surface area contributed by atoms with Gasteiger partial charge < -0.3 is 4.52 Å². The number of benzene rings is 1. The molecule has 1 aliphatic heterocycles. The highest BCUT2D eigenvalue weighted by Gasteiger charge is 2.32. The van der Waals surface area contributed by atoms with Crippen molar-refractivity contribution in [1.82, 2.24) is 24.8 Å². The number of nitrogens with zero attached hydrogens (tertiary/aromatic N) is 5. The van der Waals surface area contributed by atoms with Crippen LogP contribution in [-0.2, 0) is 6.54 Å². The third-order valence-electron chi connectivity index (χ3n) is 4.91. The Balaban J connectivity index is 1.50. The molecule has 130 valence electrons. The molecule has 6 nitrogen and oxygen atoms in total. The summed E-state index contributed by atoms with van der Waals surface area (Å²) in [5.74, 6) is 1.34. The summed E-state index contributed by atoms with van der Waals surface area (Å²) < 4.78 is 7.61. The van der Waals surface area contributed by atoms with E-state index >= 15 is 0 Å². The highest BCUT2D eigenvalue weighted by Crippen LogP contribution is 2.30. The lowest BCUT2D eigenvalue weighted by molar-refractivity contribution is 0.144. The van der Waals surface area contributed by atoms with Crippen LogP contribution in [0.25, 0.3) is 11.4 Å². The summed E-state index contributed by atoms with van der Waals surface area (Å²) in [6.45, 7) is 6.17. The first-order valence-corrected chi connectivity index (χ1v) is 8.84. The molecule has 3 aromatic rings. The van der Waals surface area contributed by atoms with Crippen molar-refractivity contribution in [2.24, 2.45) is 0 Å². The van der Waals surface area contributed by atoms with Gasteiger partial charge >= 0.3 is 0 Å². The van der Waals surface area contributed by atoms with Crippen LogP contribution in [0, 0.1) is 6.92 Å². The monoisotopic (exact) mass is 337 g/mol. The molecule has 0 spiro atoms. The van der Waals surface area contributed by atoms with Crippen LogP contribution in [-0.4, -0.2) is 37.4 Å². The smallest absolute Gasteiger partial charge is 0.244 e. The normalized spacial score (nSPS) is 19.4. The molecule has 0 bridgehead atoms. The third kappa shape index (κ3) is 3.35. The molecule has 2 aromatic heterocycles. The zero-order chi connectivity index (χ0) is 17.2. The van der Waals surface area contributed by atoms with E-state index in [1.54, 1.807) is 0 Å². The molecule has 4 rings (SSSR count). The molecule has 6 heteroatoms. The zero-order valence-electron chi connectivity index (χ0n) is 14.7. The van der Waals surface area contributed by atoms with Gasteiger partial charge in [0.05, 0.1) is 18.8 Å². The van der Waals surface area contributed by atoms with Gasteiger partial charge in [-0.15, -0.1) is 0 Å². The van der Waals surface area contributed by atoms with Crippen LogP contribution in [0.1, 0.15) is 37.3 Å². The van der Waals surface area contributed by atoms with Crippen molar-refractivity contribution in [1.29, 1.82) is 0 Å². The van der Waals surface area contributed by atoms with Crippen molar-refractivity contribution >= 4 is 0 Å². The van der Waals surface area contributed by atoms with Crippen LogP contribution in [0.5, 0.6) is 0 Å². The Kier molecular flexibility index (Phi) is 4.36. The van der Waals surface area contributed by atoms with E-state index in [1.165, 1.54) is 18.4 Å². The molecule has 0 N–H and O–H groups in total. The topological polar surface area (TPSA) is 60.0 Å². The summed E-state index contributed by atoms with van der Waals surface area (Å²) in [5.41, 5.74) is 2.18. The highest BCUT2D eigenvalue weighted by atomic mass is 16.5. The third-order valence-corrected chi connectivity index (χ3v) is 4.91. The van der Waals surface area contributed by atoms with E-state index in [2.05, 4.69) is 40.2 Å². The molecular formula is C19H23N5O. The molecule has 1 aromatic carbocycles. The van der Waals surface area contributed by atoms with Crippen molar-refractivity contribution in [2.75, 3.05) is 6.54 Å². The Bertz CT molecular complexity index is 825. The second-order valence-electron chi connectivity index (χ2n) is 6.77. The van der Waals surface area contributed by atoms with E-state index in [9.17, 15) is 0 Å². The average Bonchev–Trinajstić information content (AvgIpc) is 3.37. The molecule has 3 heterocycles. The van der Waals surface area contributed by atoms with Gasteiger partial charge in [-0.3, -0.25) is 9.58 Å². The Hall–Kier alpha value is -2.47. The molecule has 25 heavy (non-hydrogen) atoms. The van der Waals surface area contributed by atoms with Crippen molar-refractivity contribution < 1.29 is 4.52 Å². The van der Waals surface area contributed by atoms with Crippen LogP contribution in [0.4, 0.5) is 0 Å². The first-order chi connectivity index (χ1) is 12.2. The van der Waals surface area contributed by atoms with Gasteiger partial charge in [-0.25, -0.2) is 0 Å². The predicted molar refractivity (Wildman–Crippen MR) is 94.8 cm³/mol. The van der Waals surface area contributed by atoms with E-state index in [-0.39, 0.29) is 6.04 Å². The SMILES string of the molecule is Cc1cnn(C[C@@H]2CCCN2[C@@H](C)c2nc(-c3ccccc3)no2)c1. The van der Waals surface area contributed by atoms with Crippen molar-refractivity contribution in [3.05, 3.63) is 54.2 Å². The number of hydrogen-bond acceptors (Lipinski definition) is 5. The summed E-state index contributed by atoms with van der Waals surface area (Å²) in [7, 11) is 0. The summed E-state index contributed by atoms with van der Waals surface area (Å²) >= 11 is 0. The molecule has 1 saturated heterocycles. The summed E-state index contributed by atoms with van der Waals surface area (Å²) in [4.78, 5) is 7.09. The van der Waals surface area contributed by atoms with Crippen LogP contribution in [0.2, 0.25) is 0 Å². The lowest BCUT2D eigenvalue weighted by Gasteiger charge is -2.28. The maximum atomic E-state index is 5.57. The average molecular weight is 337 g/mol. The Morgan fingerprint density at radius 3 is 2.88 bits per heavy atom. The Morgan fingerprint density at radius 2 is 2.12 bits per heavy atom.